The van der Waals surface area contributed by atoms with Crippen LogP contribution in [-0.2, 0) is 16.6 Å². The second kappa shape index (κ2) is 8.89. The van der Waals surface area contributed by atoms with Crippen LogP contribution >= 0.6 is 0 Å². The number of benzene rings is 2. The molecule has 1 aliphatic rings. The minimum Gasteiger partial charge on any atom is -0.493 e. The highest BCUT2D eigenvalue weighted by Crippen LogP contribution is 2.32. The van der Waals surface area contributed by atoms with Gasteiger partial charge in [-0.2, -0.15) is 0 Å². The summed E-state index contributed by atoms with van der Waals surface area (Å²) in [4.78, 5) is 1.86. The molecule has 1 fully saturated rings. The van der Waals surface area contributed by atoms with E-state index >= 15 is 0 Å². The Bertz CT molecular complexity index is 898. The SMILES string of the molecule is COc1cc(F)c(S(=O)(=O)NC2CCN(Cc3ccccc3)CC2)cc1OC. The number of piperidine rings is 1. The summed E-state index contributed by atoms with van der Waals surface area (Å²) in [5.74, 6) is -0.554. The number of nitrogens with one attached hydrogen (secondary N) is 1. The maximum Gasteiger partial charge on any atom is 0.243 e. The zero-order chi connectivity index (χ0) is 20.1. The summed E-state index contributed by atoms with van der Waals surface area (Å²) >= 11 is 0. The van der Waals surface area contributed by atoms with Crippen LogP contribution in [0.3, 0.4) is 0 Å². The Morgan fingerprint density at radius 1 is 1.07 bits per heavy atom. The molecule has 1 saturated heterocycles. The molecule has 3 rings (SSSR count). The quantitative estimate of drug-likeness (QED) is 0.763. The van der Waals surface area contributed by atoms with Gasteiger partial charge in [0.15, 0.2) is 11.5 Å². The van der Waals surface area contributed by atoms with Crippen LogP contribution in [0.15, 0.2) is 47.4 Å². The van der Waals surface area contributed by atoms with Gasteiger partial charge in [-0.15, -0.1) is 0 Å². The smallest absolute Gasteiger partial charge is 0.243 e. The molecule has 2 aromatic carbocycles. The Morgan fingerprint density at radius 3 is 2.29 bits per heavy atom. The molecule has 1 heterocycles. The lowest BCUT2D eigenvalue weighted by molar-refractivity contribution is 0.200. The van der Waals surface area contributed by atoms with Crippen molar-refractivity contribution in [2.75, 3.05) is 27.3 Å². The molecular weight excluding hydrogens is 383 g/mol. The average molecular weight is 408 g/mol. The summed E-state index contributed by atoms with van der Waals surface area (Å²) in [6.07, 6.45) is 1.34. The first kappa shape index (κ1) is 20.6. The Kier molecular flexibility index (Phi) is 6.53. The lowest BCUT2D eigenvalue weighted by atomic mass is 10.1. The van der Waals surface area contributed by atoms with E-state index < -0.39 is 20.7 Å². The standard InChI is InChI=1S/C20H25FN2O4S/c1-26-18-12-17(21)20(13-19(18)27-2)28(24,25)22-16-8-10-23(11-9-16)14-15-6-4-3-5-7-15/h3-7,12-13,16,22H,8-11,14H2,1-2H3. The van der Waals surface area contributed by atoms with Gasteiger partial charge in [0.25, 0.3) is 0 Å². The van der Waals surface area contributed by atoms with Crippen molar-refractivity contribution in [2.45, 2.75) is 30.3 Å². The highest BCUT2D eigenvalue weighted by atomic mass is 32.2. The van der Waals surface area contributed by atoms with Crippen LogP contribution in [0.25, 0.3) is 0 Å². The minimum atomic E-state index is -4.00. The topological polar surface area (TPSA) is 67.9 Å². The van der Waals surface area contributed by atoms with E-state index in [4.69, 9.17) is 9.47 Å². The van der Waals surface area contributed by atoms with Crippen molar-refractivity contribution in [2.24, 2.45) is 0 Å². The number of ether oxygens (including phenoxy) is 2. The number of sulfonamides is 1. The Morgan fingerprint density at radius 2 is 1.68 bits per heavy atom. The first-order valence-corrected chi connectivity index (χ1v) is 10.6. The average Bonchev–Trinajstić information content (AvgIpc) is 2.69. The lowest BCUT2D eigenvalue weighted by Crippen LogP contribution is -2.44. The van der Waals surface area contributed by atoms with E-state index in [1.165, 1.54) is 19.8 Å². The van der Waals surface area contributed by atoms with Crippen LogP contribution in [0.1, 0.15) is 18.4 Å². The van der Waals surface area contributed by atoms with Crippen LogP contribution in [0, 0.1) is 5.82 Å². The van der Waals surface area contributed by atoms with Crippen molar-refractivity contribution in [1.29, 1.82) is 0 Å². The van der Waals surface area contributed by atoms with Crippen molar-refractivity contribution in [3.63, 3.8) is 0 Å². The van der Waals surface area contributed by atoms with Crippen molar-refractivity contribution < 1.29 is 22.3 Å². The van der Waals surface area contributed by atoms with E-state index in [1.807, 2.05) is 18.2 Å². The van der Waals surface area contributed by atoms with Crippen molar-refractivity contribution in [3.05, 3.63) is 53.8 Å². The fourth-order valence-corrected chi connectivity index (χ4v) is 4.75. The predicted molar refractivity (Wildman–Crippen MR) is 105 cm³/mol. The molecular formula is C20H25FN2O4S. The van der Waals surface area contributed by atoms with Gasteiger partial charge in [0.1, 0.15) is 10.7 Å². The maximum atomic E-state index is 14.3. The third-order valence-electron chi connectivity index (χ3n) is 4.89. The van der Waals surface area contributed by atoms with Crippen LogP contribution < -0.4 is 14.2 Å². The molecule has 0 amide bonds. The van der Waals surface area contributed by atoms with Crippen LogP contribution in [0.4, 0.5) is 4.39 Å². The second-order valence-electron chi connectivity index (χ2n) is 6.79. The highest BCUT2D eigenvalue weighted by molar-refractivity contribution is 7.89. The monoisotopic (exact) mass is 408 g/mol. The molecule has 0 bridgehead atoms. The lowest BCUT2D eigenvalue weighted by Gasteiger charge is -2.32. The van der Waals surface area contributed by atoms with E-state index in [1.54, 1.807) is 0 Å². The van der Waals surface area contributed by atoms with Crippen molar-refractivity contribution >= 4 is 10.0 Å². The molecule has 0 saturated carbocycles. The minimum absolute atomic E-state index is 0.146. The van der Waals surface area contributed by atoms with Gasteiger partial charge in [0.05, 0.1) is 14.2 Å². The van der Waals surface area contributed by atoms with Gasteiger partial charge in [0, 0.05) is 37.8 Å². The number of rotatable bonds is 7. The molecule has 152 valence electrons. The maximum absolute atomic E-state index is 14.3. The predicted octanol–water partition coefficient (Wildman–Crippen LogP) is 2.79. The second-order valence-corrected chi connectivity index (χ2v) is 8.48. The molecule has 28 heavy (non-hydrogen) atoms. The number of halogens is 1. The van der Waals surface area contributed by atoms with Gasteiger partial charge >= 0.3 is 0 Å². The number of likely N-dealkylation sites (tertiary alicyclic amines) is 1. The number of hydrogen-bond acceptors (Lipinski definition) is 5. The molecule has 8 heteroatoms. The summed E-state index contributed by atoms with van der Waals surface area (Å²) in [7, 11) is -1.26. The first-order valence-electron chi connectivity index (χ1n) is 9.13. The fraction of sp³-hybridized carbons (Fsp3) is 0.400. The zero-order valence-corrected chi connectivity index (χ0v) is 16.8. The van der Waals surface area contributed by atoms with Crippen molar-refractivity contribution in [3.8, 4) is 11.5 Å². The molecule has 0 radical (unpaired) electrons. The van der Waals surface area contributed by atoms with Gasteiger partial charge in [-0.3, -0.25) is 4.90 Å². The molecule has 6 nitrogen and oxygen atoms in total. The van der Waals surface area contributed by atoms with Gasteiger partial charge in [0.2, 0.25) is 10.0 Å². The molecule has 0 aliphatic carbocycles. The van der Waals surface area contributed by atoms with Crippen molar-refractivity contribution in [1.82, 2.24) is 9.62 Å². The molecule has 0 atom stereocenters. The normalized spacial score (nSPS) is 16.1. The third-order valence-corrected chi connectivity index (χ3v) is 6.42. The molecule has 1 aliphatic heterocycles. The third kappa shape index (κ3) is 4.81. The summed E-state index contributed by atoms with van der Waals surface area (Å²) in [5.41, 5.74) is 1.23. The number of hydrogen-bond donors (Lipinski definition) is 1. The van der Waals surface area contributed by atoms with E-state index in [2.05, 4.69) is 21.8 Å². The first-order chi connectivity index (χ1) is 13.4. The number of nitrogens with zero attached hydrogens (tertiary/aromatic N) is 1. The van der Waals surface area contributed by atoms with E-state index in [0.717, 1.165) is 31.8 Å². The van der Waals surface area contributed by atoms with Gasteiger partial charge in [-0.05, 0) is 18.4 Å². The van der Waals surface area contributed by atoms with E-state index in [-0.39, 0.29) is 17.5 Å². The summed E-state index contributed by atoms with van der Waals surface area (Å²) < 4.78 is 52.5. The number of methoxy groups -OCH3 is 2. The summed E-state index contributed by atoms with van der Waals surface area (Å²) in [5, 5.41) is 0. The highest BCUT2D eigenvalue weighted by Gasteiger charge is 2.28. The van der Waals surface area contributed by atoms with E-state index in [9.17, 15) is 12.8 Å². The molecule has 0 aromatic heterocycles. The van der Waals surface area contributed by atoms with Gasteiger partial charge < -0.3 is 9.47 Å². The Balaban J connectivity index is 1.64. The Hall–Kier alpha value is -2.16. The molecule has 1 N–H and O–H groups in total. The summed E-state index contributed by atoms with van der Waals surface area (Å²) in [6, 6.07) is 12.1. The van der Waals surface area contributed by atoms with Crippen LogP contribution in [-0.4, -0.2) is 46.7 Å². The Labute approximate surface area is 165 Å². The molecule has 0 unspecified atom stereocenters. The molecule has 0 spiro atoms. The van der Waals surface area contributed by atoms with E-state index in [0.29, 0.717) is 12.8 Å². The summed E-state index contributed by atoms with van der Waals surface area (Å²) in [6.45, 7) is 2.39. The molecule has 2 aromatic rings. The zero-order valence-electron chi connectivity index (χ0n) is 16.0. The largest absolute Gasteiger partial charge is 0.493 e. The van der Waals surface area contributed by atoms with Crippen LogP contribution in [0.2, 0.25) is 0 Å². The fourth-order valence-electron chi connectivity index (χ4n) is 3.37. The van der Waals surface area contributed by atoms with Gasteiger partial charge in [-0.1, -0.05) is 30.3 Å². The van der Waals surface area contributed by atoms with Gasteiger partial charge in [-0.25, -0.2) is 17.5 Å². The van der Waals surface area contributed by atoms with Crippen LogP contribution in [0.5, 0.6) is 11.5 Å².